The third-order valence-corrected chi connectivity index (χ3v) is 4.70. The first-order chi connectivity index (χ1) is 13.9. The van der Waals surface area contributed by atoms with Crippen molar-refractivity contribution < 1.29 is 19.7 Å². The second-order valence-electron chi connectivity index (χ2n) is 7.05. The largest absolute Gasteiger partial charge is 0.504 e. The number of aromatic nitrogens is 1. The van der Waals surface area contributed by atoms with Crippen LogP contribution in [0.5, 0.6) is 11.5 Å². The highest BCUT2D eigenvalue weighted by atomic mass is 16.5. The number of anilines is 1. The maximum atomic E-state index is 11.7. The van der Waals surface area contributed by atoms with Crippen LogP contribution in [0, 0.1) is 0 Å². The molecule has 3 aromatic rings. The van der Waals surface area contributed by atoms with E-state index in [2.05, 4.69) is 15.2 Å². The van der Waals surface area contributed by atoms with Crippen LogP contribution in [0.1, 0.15) is 16.8 Å². The van der Waals surface area contributed by atoms with E-state index in [4.69, 9.17) is 4.74 Å². The Bertz CT molecular complexity index is 1030. The first-order valence-corrected chi connectivity index (χ1v) is 9.32. The van der Waals surface area contributed by atoms with Crippen molar-refractivity contribution in [1.29, 1.82) is 0 Å². The van der Waals surface area contributed by atoms with Crippen LogP contribution < -0.4 is 10.1 Å². The Balaban J connectivity index is 2.05. The number of phenolic OH excluding ortho intramolecular Hbond substituents is 1. The molecule has 0 unspecified atom stereocenters. The maximum absolute atomic E-state index is 11.7. The number of methoxy groups -OCH3 is 1. The molecule has 0 spiro atoms. The fourth-order valence-corrected chi connectivity index (χ4v) is 3.19. The summed E-state index contributed by atoms with van der Waals surface area (Å²) in [5.74, 6) is -0.580. The normalized spacial score (nSPS) is 11.0. The summed E-state index contributed by atoms with van der Waals surface area (Å²) in [6, 6.07) is 10.8. The standard InChI is InChI=1S/C22H25N3O4/c1-25(2)10-4-9-23-21-16-11-14(15-6-8-19(26)20(12-15)29-3)5-7-18(16)24-13-17(21)22(27)28/h5-8,11-13,26H,4,9-10H2,1-3H3,(H,23,24)(H,27,28). The van der Waals surface area contributed by atoms with E-state index in [1.807, 2.05) is 32.3 Å². The van der Waals surface area contributed by atoms with Crippen molar-refractivity contribution in [2.75, 3.05) is 39.6 Å². The molecular weight excluding hydrogens is 370 g/mol. The first-order valence-electron chi connectivity index (χ1n) is 9.32. The van der Waals surface area contributed by atoms with Gasteiger partial charge < -0.3 is 25.2 Å². The van der Waals surface area contributed by atoms with Gasteiger partial charge in [-0.25, -0.2) is 4.79 Å². The number of fused-ring (bicyclic) bond motifs is 1. The number of carbonyl (C=O) groups is 1. The van der Waals surface area contributed by atoms with Gasteiger partial charge in [0.1, 0.15) is 5.56 Å². The van der Waals surface area contributed by atoms with E-state index in [0.29, 0.717) is 23.5 Å². The van der Waals surface area contributed by atoms with Crippen molar-refractivity contribution in [2.45, 2.75) is 6.42 Å². The molecule has 0 aliphatic carbocycles. The molecule has 1 heterocycles. The van der Waals surface area contributed by atoms with Gasteiger partial charge in [0, 0.05) is 18.1 Å². The SMILES string of the molecule is COc1cc(-c2ccc3ncc(C(=O)O)c(NCCCN(C)C)c3c2)ccc1O. The molecule has 0 radical (unpaired) electrons. The van der Waals surface area contributed by atoms with Crippen LogP contribution in [0.3, 0.4) is 0 Å². The molecule has 0 aliphatic heterocycles. The average molecular weight is 395 g/mol. The lowest BCUT2D eigenvalue weighted by Crippen LogP contribution is -2.17. The molecule has 0 fully saturated rings. The summed E-state index contributed by atoms with van der Waals surface area (Å²) in [7, 11) is 5.50. The Kier molecular flexibility index (Phi) is 6.19. The number of rotatable bonds is 8. The van der Waals surface area contributed by atoms with E-state index < -0.39 is 5.97 Å². The molecule has 0 saturated heterocycles. The highest BCUT2D eigenvalue weighted by molar-refractivity contribution is 6.05. The van der Waals surface area contributed by atoms with Crippen molar-refractivity contribution in [3.05, 3.63) is 48.2 Å². The van der Waals surface area contributed by atoms with E-state index in [1.165, 1.54) is 13.3 Å². The Morgan fingerprint density at radius 1 is 1.17 bits per heavy atom. The number of carboxylic acid groups (broad SMARTS) is 1. The van der Waals surface area contributed by atoms with Gasteiger partial charge in [-0.1, -0.05) is 12.1 Å². The molecule has 7 nitrogen and oxygen atoms in total. The zero-order valence-corrected chi connectivity index (χ0v) is 16.8. The molecule has 0 bridgehead atoms. The minimum atomic E-state index is -1.02. The van der Waals surface area contributed by atoms with Crippen molar-refractivity contribution >= 4 is 22.6 Å². The Morgan fingerprint density at radius 3 is 2.59 bits per heavy atom. The number of pyridine rings is 1. The van der Waals surface area contributed by atoms with E-state index in [1.54, 1.807) is 18.2 Å². The lowest BCUT2D eigenvalue weighted by atomic mass is 10.0. The van der Waals surface area contributed by atoms with Gasteiger partial charge in [0.25, 0.3) is 0 Å². The van der Waals surface area contributed by atoms with Gasteiger partial charge in [0.05, 0.1) is 18.3 Å². The van der Waals surface area contributed by atoms with Gasteiger partial charge in [-0.3, -0.25) is 4.98 Å². The van der Waals surface area contributed by atoms with Crippen LogP contribution in [0.4, 0.5) is 5.69 Å². The number of benzene rings is 2. The molecule has 1 aromatic heterocycles. The second-order valence-corrected chi connectivity index (χ2v) is 7.05. The van der Waals surface area contributed by atoms with Crippen LogP contribution in [0.25, 0.3) is 22.0 Å². The van der Waals surface area contributed by atoms with Gasteiger partial charge >= 0.3 is 5.97 Å². The molecule has 0 aliphatic rings. The van der Waals surface area contributed by atoms with Crippen molar-refractivity contribution in [3.8, 4) is 22.6 Å². The van der Waals surface area contributed by atoms with Crippen LogP contribution in [0.15, 0.2) is 42.6 Å². The number of aromatic hydroxyl groups is 1. The fraction of sp³-hybridized carbons (Fsp3) is 0.273. The van der Waals surface area contributed by atoms with Crippen molar-refractivity contribution in [2.24, 2.45) is 0 Å². The summed E-state index contributed by atoms with van der Waals surface area (Å²) in [4.78, 5) is 18.1. The summed E-state index contributed by atoms with van der Waals surface area (Å²) >= 11 is 0. The number of ether oxygens (including phenoxy) is 1. The summed E-state index contributed by atoms with van der Waals surface area (Å²) in [5, 5.41) is 23.5. The molecule has 7 heteroatoms. The molecule has 29 heavy (non-hydrogen) atoms. The number of aromatic carboxylic acids is 1. The Hall–Kier alpha value is -3.32. The quantitative estimate of drug-likeness (QED) is 0.501. The monoisotopic (exact) mass is 395 g/mol. The van der Waals surface area contributed by atoms with Gasteiger partial charge in [-0.15, -0.1) is 0 Å². The van der Waals surface area contributed by atoms with Crippen LogP contribution in [-0.4, -0.2) is 60.4 Å². The minimum absolute atomic E-state index is 0.0649. The predicted octanol–water partition coefficient (Wildman–Crippen LogP) is 3.68. The fourth-order valence-electron chi connectivity index (χ4n) is 3.19. The third-order valence-electron chi connectivity index (χ3n) is 4.70. The topological polar surface area (TPSA) is 94.9 Å². The zero-order valence-electron chi connectivity index (χ0n) is 16.8. The first kappa shape index (κ1) is 20.4. The molecule has 0 saturated carbocycles. The molecule has 3 rings (SSSR count). The van der Waals surface area contributed by atoms with Crippen molar-refractivity contribution in [3.63, 3.8) is 0 Å². The molecule has 3 N–H and O–H groups in total. The molecule has 0 amide bonds. The minimum Gasteiger partial charge on any atom is -0.504 e. The smallest absolute Gasteiger partial charge is 0.339 e. The predicted molar refractivity (Wildman–Crippen MR) is 114 cm³/mol. The molecular formula is C22H25N3O4. The number of nitrogens with one attached hydrogen (secondary N) is 1. The number of hydrogen-bond acceptors (Lipinski definition) is 6. The van der Waals surface area contributed by atoms with Gasteiger partial charge in [-0.2, -0.15) is 0 Å². The Morgan fingerprint density at radius 2 is 1.90 bits per heavy atom. The summed E-state index contributed by atoms with van der Waals surface area (Å²) in [6.07, 6.45) is 2.27. The third kappa shape index (κ3) is 4.57. The van der Waals surface area contributed by atoms with E-state index >= 15 is 0 Å². The van der Waals surface area contributed by atoms with E-state index in [9.17, 15) is 15.0 Å². The number of hydrogen-bond donors (Lipinski definition) is 3. The average Bonchev–Trinajstić information content (AvgIpc) is 2.70. The zero-order chi connectivity index (χ0) is 21.0. The lowest BCUT2D eigenvalue weighted by Gasteiger charge is -2.15. The Labute approximate surface area is 169 Å². The lowest BCUT2D eigenvalue weighted by molar-refractivity contribution is 0.0697. The van der Waals surface area contributed by atoms with E-state index in [0.717, 1.165) is 29.5 Å². The van der Waals surface area contributed by atoms with Crippen molar-refractivity contribution in [1.82, 2.24) is 9.88 Å². The van der Waals surface area contributed by atoms with Gasteiger partial charge in [0.2, 0.25) is 0 Å². The number of nitrogens with zero attached hydrogens (tertiary/aromatic N) is 2. The maximum Gasteiger partial charge on any atom is 0.339 e. The number of carboxylic acids is 1. The van der Waals surface area contributed by atoms with Crippen LogP contribution >= 0.6 is 0 Å². The summed E-state index contributed by atoms with van der Waals surface area (Å²) in [6.45, 7) is 1.55. The summed E-state index contributed by atoms with van der Waals surface area (Å²) in [5.41, 5.74) is 3.13. The highest BCUT2D eigenvalue weighted by Crippen LogP contribution is 2.34. The number of phenols is 1. The van der Waals surface area contributed by atoms with Crippen LogP contribution in [0.2, 0.25) is 0 Å². The van der Waals surface area contributed by atoms with Gasteiger partial charge in [-0.05, 0) is 62.5 Å². The summed E-state index contributed by atoms with van der Waals surface area (Å²) < 4.78 is 5.20. The molecule has 2 aromatic carbocycles. The second kappa shape index (κ2) is 8.79. The molecule has 152 valence electrons. The van der Waals surface area contributed by atoms with Gasteiger partial charge in [0.15, 0.2) is 11.5 Å². The van der Waals surface area contributed by atoms with Crippen LogP contribution in [-0.2, 0) is 0 Å². The highest BCUT2D eigenvalue weighted by Gasteiger charge is 2.15. The van der Waals surface area contributed by atoms with E-state index in [-0.39, 0.29) is 11.3 Å². The molecule has 0 atom stereocenters.